The van der Waals surface area contributed by atoms with Crippen molar-refractivity contribution >= 4 is 34.2 Å². The number of imidazole rings is 1. The number of nitrogens with one attached hydrogen (secondary N) is 2. The number of H-pyrrole nitrogens is 1. The van der Waals surface area contributed by atoms with Crippen LogP contribution in [0, 0.1) is 6.92 Å². The quantitative estimate of drug-likeness (QED) is 0.425. The predicted octanol–water partition coefficient (Wildman–Crippen LogP) is 5.39. The number of ether oxygens (including phenoxy) is 2. The lowest BCUT2D eigenvalue weighted by atomic mass is 10.1. The molecular formula is C24H22ClN3O3. The smallest absolute Gasteiger partial charge is 0.228 e. The molecule has 0 aliphatic heterocycles. The number of aromatic nitrogens is 2. The summed E-state index contributed by atoms with van der Waals surface area (Å²) in [5, 5.41) is 3.65. The maximum Gasteiger partial charge on any atom is 0.228 e. The molecule has 7 heteroatoms. The molecule has 6 nitrogen and oxygen atoms in total. The van der Waals surface area contributed by atoms with Gasteiger partial charge in [-0.15, -0.1) is 0 Å². The molecule has 1 amide bonds. The van der Waals surface area contributed by atoms with Gasteiger partial charge in [-0.1, -0.05) is 35.9 Å². The van der Waals surface area contributed by atoms with Gasteiger partial charge in [0.15, 0.2) is 11.5 Å². The minimum absolute atomic E-state index is 0.0957. The van der Waals surface area contributed by atoms with Crippen molar-refractivity contribution in [1.29, 1.82) is 0 Å². The summed E-state index contributed by atoms with van der Waals surface area (Å²) in [6.07, 6.45) is 0.269. The molecule has 0 saturated heterocycles. The highest BCUT2D eigenvalue weighted by Crippen LogP contribution is 2.33. The first-order valence-electron chi connectivity index (χ1n) is 9.74. The Bertz CT molecular complexity index is 1210. The third kappa shape index (κ3) is 4.49. The van der Waals surface area contributed by atoms with Gasteiger partial charge in [-0.05, 0) is 36.2 Å². The average Bonchev–Trinajstić information content (AvgIpc) is 3.18. The zero-order valence-electron chi connectivity index (χ0n) is 17.5. The fraction of sp³-hybridized carbons (Fsp3) is 0.167. The van der Waals surface area contributed by atoms with Crippen LogP contribution in [0.5, 0.6) is 11.5 Å². The number of amides is 1. The molecule has 4 rings (SSSR count). The Kier molecular flexibility index (Phi) is 5.82. The molecular weight excluding hydrogens is 414 g/mol. The van der Waals surface area contributed by atoms with E-state index in [1.54, 1.807) is 26.4 Å². The summed E-state index contributed by atoms with van der Waals surface area (Å²) < 4.78 is 10.7. The van der Waals surface area contributed by atoms with Gasteiger partial charge in [-0.2, -0.15) is 0 Å². The van der Waals surface area contributed by atoms with Gasteiger partial charge < -0.3 is 19.8 Å². The van der Waals surface area contributed by atoms with E-state index in [1.165, 1.54) is 0 Å². The van der Waals surface area contributed by atoms with Crippen molar-refractivity contribution in [3.8, 4) is 22.9 Å². The summed E-state index contributed by atoms with van der Waals surface area (Å²) in [7, 11) is 3.19. The Labute approximate surface area is 185 Å². The first-order chi connectivity index (χ1) is 15.0. The van der Waals surface area contributed by atoms with Crippen molar-refractivity contribution in [1.82, 2.24) is 9.97 Å². The molecule has 158 valence electrons. The second-order valence-corrected chi connectivity index (χ2v) is 7.63. The number of hydrogen-bond acceptors (Lipinski definition) is 4. The first-order valence-corrected chi connectivity index (χ1v) is 10.1. The zero-order chi connectivity index (χ0) is 22.0. The summed E-state index contributed by atoms with van der Waals surface area (Å²) in [5.74, 6) is 1.84. The van der Waals surface area contributed by atoms with E-state index >= 15 is 0 Å². The lowest BCUT2D eigenvalue weighted by Crippen LogP contribution is -2.15. The van der Waals surface area contributed by atoms with Crippen LogP contribution in [0.2, 0.25) is 5.02 Å². The minimum atomic E-state index is -0.0957. The number of hydrogen-bond donors (Lipinski definition) is 2. The molecule has 0 radical (unpaired) electrons. The molecule has 0 unspecified atom stereocenters. The van der Waals surface area contributed by atoms with Crippen LogP contribution in [0.15, 0.2) is 54.6 Å². The van der Waals surface area contributed by atoms with Crippen molar-refractivity contribution < 1.29 is 14.3 Å². The van der Waals surface area contributed by atoms with Crippen LogP contribution in [-0.2, 0) is 11.2 Å². The number of aromatic amines is 1. The van der Waals surface area contributed by atoms with Crippen LogP contribution in [0.3, 0.4) is 0 Å². The Morgan fingerprint density at radius 2 is 1.74 bits per heavy atom. The highest BCUT2D eigenvalue weighted by atomic mass is 35.5. The van der Waals surface area contributed by atoms with Gasteiger partial charge in [0.05, 0.1) is 31.7 Å². The van der Waals surface area contributed by atoms with Crippen LogP contribution in [0.25, 0.3) is 22.4 Å². The summed E-state index contributed by atoms with van der Waals surface area (Å²) in [5.41, 5.74) is 5.07. The standard InChI is InChI=1S/C24H22ClN3O3/c1-14-4-7-16(11-18(14)26-23(29)10-15-5-8-17(25)9-6-15)24-27-19-12-21(30-2)22(31-3)13-20(19)28-24/h4-9,11-13H,10H2,1-3H3,(H,26,29)(H,27,28). The highest BCUT2D eigenvalue weighted by molar-refractivity contribution is 6.30. The molecule has 31 heavy (non-hydrogen) atoms. The van der Waals surface area contributed by atoms with E-state index in [0.717, 1.165) is 33.4 Å². The van der Waals surface area contributed by atoms with Gasteiger partial charge in [0.25, 0.3) is 0 Å². The fourth-order valence-corrected chi connectivity index (χ4v) is 3.49. The van der Waals surface area contributed by atoms with Crippen LogP contribution in [0.1, 0.15) is 11.1 Å². The number of benzene rings is 3. The molecule has 4 aromatic rings. The molecule has 0 fully saturated rings. The van der Waals surface area contributed by atoms with E-state index in [4.69, 9.17) is 21.1 Å². The maximum absolute atomic E-state index is 12.6. The number of halogens is 1. The van der Waals surface area contributed by atoms with Crippen molar-refractivity contribution in [2.45, 2.75) is 13.3 Å². The van der Waals surface area contributed by atoms with Crippen LogP contribution in [0.4, 0.5) is 5.69 Å². The van der Waals surface area contributed by atoms with Crippen molar-refractivity contribution in [2.24, 2.45) is 0 Å². The number of carbonyl (C=O) groups excluding carboxylic acids is 1. The summed E-state index contributed by atoms with van der Waals surface area (Å²) in [4.78, 5) is 20.5. The Morgan fingerprint density at radius 3 is 2.45 bits per heavy atom. The van der Waals surface area contributed by atoms with Gasteiger partial charge >= 0.3 is 0 Å². The third-order valence-corrected chi connectivity index (χ3v) is 5.30. The number of rotatable bonds is 6. The predicted molar refractivity (Wildman–Crippen MR) is 123 cm³/mol. The number of fused-ring (bicyclic) bond motifs is 1. The fourth-order valence-electron chi connectivity index (χ4n) is 3.36. The van der Waals surface area contributed by atoms with Crippen molar-refractivity contribution in [2.75, 3.05) is 19.5 Å². The number of methoxy groups -OCH3 is 2. The van der Waals surface area contributed by atoms with E-state index in [9.17, 15) is 4.79 Å². The number of anilines is 1. The summed E-state index contributed by atoms with van der Waals surface area (Å²) in [6.45, 7) is 1.95. The van der Waals surface area contributed by atoms with E-state index in [1.807, 2.05) is 49.4 Å². The molecule has 0 aliphatic rings. The maximum atomic E-state index is 12.6. The lowest BCUT2D eigenvalue weighted by Gasteiger charge is -2.10. The Hall–Kier alpha value is -3.51. The van der Waals surface area contributed by atoms with Gasteiger partial charge in [0.2, 0.25) is 5.91 Å². The minimum Gasteiger partial charge on any atom is -0.493 e. The molecule has 0 bridgehead atoms. The van der Waals surface area contributed by atoms with Gasteiger partial charge in [0.1, 0.15) is 5.82 Å². The lowest BCUT2D eigenvalue weighted by molar-refractivity contribution is -0.115. The monoisotopic (exact) mass is 435 g/mol. The average molecular weight is 436 g/mol. The summed E-state index contributed by atoms with van der Waals surface area (Å²) in [6, 6.07) is 16.8. The molecule has 0 spiro atoms. The molecule has 1 aromatic heterocycles. The van der Waals surface area contributed by atoms with Crippen molar-refractivity contribution in [3.05, 3.63) is 70.7 Å². The third-order valence-electron chi connectivity index (χ3n) is 5.05. The Morgan fingerprint density at radius 1 is 1.03 bits per heavy atom. The topological polar surface area (TPSA) is 76.2 Å². The van der Waals surface area contributed by atoms with E-state index < -0.39 is 0 Å². The number of aryl methyl sites for hydroxylation is 1. The van der Waals surface area contributed by atoms with Gasteiger partial charge in [-0.3, -0.25) is 4.79 Å². The van der Waals surface area contributed by atoms with Gasteiger partial charge in [-0.25, -0.2) is 4.98 Å². The molecule has 0 atom stereocenters. The normalized spacial score (nSPS) is 10.8. The second kappa shape index (κ2) is 8.70. The first kappa shape index (κ1) is 20.8. The number of carbonyl (C=O) groups is 1. The molecule has 2 N–H and O–H groups in total. The highest BCUT2D eigenvalue weighted by Gasteiger charge is 2.13. The largest absolute Gasteiger partial charge is 0.493 e. The molecule has 0 aliphatic carbocycles. The Balaban J connectivity index is 1.59. The second-order valence-electron chi connectivity index (χ2n) is 7.19. The van der Waals surface area contributed by atoms with E-state index in [-0.39, 0.29) is 12.3 Å². The SMILES string of the molecule is COc1cc2nc(-c3ccc(C)c(NC(=O)Cc4ccc(Cl)cc4)c3)[nH]c2cc1OC. The van der Waals surface area contributed by atoms with Gasteiger partial charge in [0, 0.05) is 28.4 Å². The molecule has 1 heterocycles. The molecule has 3 aromatic carbocycles. The van der Waals surface area contributed by atoms with Crippen LogP contribution in [-0.4, -0.2) is 30.1 Å². The van der Waals surface area contributed by atoms with E-state index in [2.05, 4.69) is 15.3 Å². The van der Waals surface area contributed by atoms with Crippen LogP contribution < -0.4 is 14.8 Å². The van der Waals surface area contributed by atoms with Crippen molar-refractivity contribution in [3.63, 3.8) is 0 Å². The van der Waals surface area contributed by atoms with Crippen LogP contribution >= 0.6 is 11.6 Å². The summed E-state index contributed by atoms with van der Waals surface area (Å²) >= 11 is 5.91. The number of nitrogens with zero attached hydrogens (tertiary/aromatic N) is 1. The molecule has 0 saturated carbocycles. The zero-order valence-corrected chi connectivity index (χ0v) is 18.2. The van der Waals surface area contributed by atoms with E-state index in [0.29, 0.717) is 22.3 Å².